The van der Waals surface area contributed by atoms with Crippen molar-refractivity contribution in [3.63, 3.8) is 0 Å². The van der Waals surface area contributed by atoms with E-state index in [2.05, 4.69) is 70.2 Å². The van der Waals surface area contributed by atoms with Crippen molar-refractivity contribution in [2.45, 2.75) is 13.0 Å². The molecule has 2 heterocycles. The number of aryl methyl sites for hydroxylation is 1. The zero-order chi connectivity index (χ0) is 14.9. The van der Waals surface area contributed by atoms with Gasteiger partial charge in [-0.15, -0.1) is 0 Å². The minimum atomic E-state index is 0.413. The van der Waals surface area contributed by atoms with Gasteiger partial charge >= 0.3 is 0 Å². The Bertz CT molecular complexity index is 778. The fourth-order valence-electron chi connectivity index (χ4n) is 2.96. The van der Waals surface area contributed by atoms with Gasteiger partial charge in [-0.2, -0.15) is 16.9 Å². The summed E-state index contributed by atoms with van der Waals surface area (Å²) in [4.78, 5) is 2.47. The third-order valence-electron chi connectivity index (χ3n) is 4.24. The van der Waals surface area contributed by atoms with E-state index in [0.717, 1.165) is 23.2 Å². The van der Waals surface area contributed by atoms with Crippen LogP contribution in [0.1, 0.15) is 17.2 Å². The number of aromatic nitrogens is 2. The quantitative estimate of drug-likeness (QED) is 0.765. The third kappa shape index (κ3) is 2.48. The van der Waals surface area contributed by atoms with Crippen molar-refractivity contribution in [2.24, 2.45) is 0 Å². The van der Waals surface area contributed by atoms with Crippen molar-refractivity contribution in [3.8, 4) is 0 Å². The molecule has 4 heteroatoms. The molecule has 1 aliphatic heterocycles. The van der Waals surface area contributed by atoms with Gasteiger partial charge in [0, 0.05) is 29.1 Å². The highest BCUT2D eigenvalue weighted by Gasteiger charge is 2.25. The average molecular weight is 308 g/mol. The lowest BCUT2D eigenvalue weighted by Gasteiger charge is -2.37. The molecule has 1 unspecified atom stereocenters. The van der Waals surface area contributed by atoms with E-state index in [1.807, 2.05) is 18.0 Å². The van der Waals surface area contributed by atoms with Gasteiger partial charge in [0.2, 0.25) is 0 Å². The number of hydrogen-bond acceptors (Lipinski definition) is 3. The first-order valence-corrected chi connectivity index (χ1v) is 8.56. The van der Waals surface area contributed by atoms with E-state index in [4.69, 9.17) is 0 Å². The van der Waals surface area contributed by atoms with E-state index in [9.17, 15) is 0 Å². The standard InChI is InChI=1S/C18H18N3S/c1-13-2-4-14(5-3-13)18-12-22-9-8-21(18)16-7-6-15-11-19-20-17(15)10-16/h2-7,9-11,18H,8,12H2,1H3,(H,19,20). The summed E-state index contributed by atoms with van der Waals surface area (Å²) in [6.45, 7) is 3.10. The average Bonchev–Trinajstić information content (AvgIpc) is 3.03. The van der Waals surface area contributed by atoms with Crippen LogP contribution in [0.25, 0.3) is 10.9 Å². The molecule has 0 aliphatic carbocycles. The fourth-order valence-corrected chi connectivity index (χ4v) is 3.92. The van der Waals surface area contributed by atoms with E-state index >= 15 is 0 Å². The Balaban J connectivity index is 1.71. The van der Waals surface area contributed by atoms with Crippen LogP contribution in [0, 0.1) is 12.7 Å². The zero-order valence-corrected chi connectivity index (χ0v) is 13.3. The monoisotopic (exact) mass is 308 g/mol. The first-order valence-electron chi connectivity index (χ1n) is 7.51. The molecule has 1 aromatic heterocycles. The molecule has 1 radical (unpaired) electrons. The Morgan fingerprint density at radius 2 is 2.05 bits per heavy atom. The molecule has 2 aromatic carbocycles. The van der Waals surface area contributed by atoms with Gasteiger partial charge in [0.1, 0.15) is 0 Å². The number of thioether (sulfide) groups is 1. The molecule has 1 fully saturated rings. The van der Waals surface area contributed by atoms with Crippen molar-refractivity contribution in [1.29, 1.82) is 0 Å². The second kappa shape index (κ2) is 5.69. The maximum atomic E-state index is 4.12. The predicted octanol–water partition coefficient (Wildman–Crippen LogP) is 4.33. The van der Waals surface area contributed by atoms with Gasteiger partial charge in [0.05, 0.1) is 17.8 Å². The molecule has 1 saturated heterocycles. The van der Waals surface area contributed by atoms with Gasteiger partial charge < -0.3 is 4.90 Å². The molecule has 22 heavy (non-hydrogen) atoms. The van der Waals surface area contributed by atoms with E-state index in [-0.39, 0.29) is 0 Å². The number of H-pyrrole nitrogens is 1. The first kappa shape index (κ1) is 13.7. The Labute approximate surface area is 134 Å². The van der Waals surface area contributed by atoms with Crippen LogP contribution < -0.4 is 4.90 Å². The van der Waals surface area contributed by atoms with Gasteiger partial charge in [0.15, 0.2) is 0 Å². The van der Waals surface area contributed by atoms with E-state index in [1.165, 1.54) is 16.8 Å². The van der Waals surface area contributed by atoms with Crippen LogP contribution in [0.3, 0.4) is 0 Å². The van der Waals surface area contributed by atoms with Gasteiger partial charge in [-0.1, -0.05) is 29.8 Å². The lowest BCUT2D eigenvalue weighted by atomic mass is 10.0. The maximum absolute atomic E-state index is 4.12. The van der Waals surface area contributed by atoms with Crippen molar-refractivity contribution in [2.75, 3.05) is 17.2 Å². The largest absolute Gasteiger partial charge is 0.362 e. The Morgan fingerprint density at radius 1 is 1.18 bits per heavy atom. The van der Waals surface area contributed by atoms with Crippen LogP contribution >= 0.6 is 11.8 Å². The number of benzene rings is 2. The minimum Gasteiger partial charge on any atom is -0.362 e. The summed E-state index contributed by atoms with van der Waals surface area (Å²) >= 11 is 1.92. The molecule has 1 atom stereocenters. The van der Waals surface area contributed by atoms with E-state index in [1.54, 1.807) is 0 Å². The number of nitrogens with zero attached hydrogens (tertiary/aromatic N) is 2. The lowest BCUT2D eigenvalue weighted by molar-refractivity contribution is 0.703. The SMILES string of the molecule is Cc1ccc(C2CS[CH]CN2c2ccc3cn[nH]c3c2)cc1. The summed E-state index contributed by atoms with van der Waals surface area (Å²) in [5.41, 5.74) is 5.04. The molecule has 111 valence electrons. The highest BCUT2D eigenvalue weighted by Crippen LogP contribution is 2.36. The Hall–Kier alpha value is -1.94. The van der Waals surface area contributed by atoms with Gasteiger partial charge in [-0.25, -0.2) is 0 Å². The summed E-state index contributed by atoms with van der Waals surface area (Å²) in [5, 5.41) is 8.35. The normalized spacial score (nSPS) is 18.8. The maximum Gasteiger partial charge on any atom is 0.0670 e. The smallest absolute Gasteiger partial charge is 0.0670 e. The van der Waals surface area contributed by atoms with Crippen LogP contribution in [-0.4, -0.2) is 22.5 Å². The molecule has 4 rings (SSSR count). The van der Waals surface area contributed by atoms with Crippen molar-refractivity contribution in [1.82, 2.24) is 10.2 Å². The first-order chi connectivity index (χ1) is 10.8. The third-order valence-corrected chi connectivity index (χ3v) is 5.13. The predicted molar refractivity (Wildman–Crippen MR) is 94.1 cm³/mol. The van der Waals surface area contributed by atoms with E-state index < -0.39 is 0 Å². The summed E-state index contributed by atoms with van der Waals surface area (Å²) in [6.07, 6.45) is 1.87. The van der Waals surface area contributed by atoms with Gasteiger partial charge in [-0.3, -0.25) is 5.10 Å². The summed E-state index contributed by atoms with van der Waals surface area (Å²) in [7, 11) is 0. The zero-order valence-electron chi connectivity index (χ0n) is 12.5. The Morgan fingerprint density at radius 3 is 2.91 bits per heavy atom. The van der Waals surface area contributed by atoms with Crippen LogP contribution in [-0.2, 0) is 0 Å². The van der Waals surface area contributed by atoms with Crippen LogP contribution in [0.2, 0.25) is 0 Å². The minimum absolute atomic E-state index is 0.413. The molecular formula is C18H18N3S. The molecule has 1 N–H and O–H groups in total. The van der Waals surface area contributed by atoms with Gasteiger partial charge in [0.25, 0.3) is 0 Å². The topological polar surface area (TPSA) is 31.9 Å². The highest BCUT2D eigenvalue weighted by molar-refractivity contribution is 8.01. The second-order valence-corrected chi connectivity index (χ2v) is 6.72. The van der Waals surface area contributed by atoms with Crippen molar-refractivity contribution in [3.05, 3.63) is 65.5 Å². The van der Waals surface area contributed by atoms with Crippen LogP contribution in [0.4, 0.5) is 5.69 Å². The summed E-state index contributed by atoms with van der Waals surface area (Å²) in [6, 6.07) is 15.9. The van der Waals surface area contributed by atoms with E-state index in [0.29, 0.717) is 6.04 Å². The molecule has 3 nitrogen and oxygen atoms in total. The van der Waals surface area contributed by atoms with Crippen LogP contribution in [0.5, 0.6) is 0 Å². The number of hydrogen-bond donors (Lipinski definition) is 1. The summed E-state index contributed by atoms with van der Waals surface area (Å²) < 4.78 is 0. The molecule has 0 bridgehead atoms. The summed E-state index contributed by atoms with van der Waals surface area (Å²) in [5.74, 6) is 3.38. The number of nitrogens with one attached hydrogen (secondary N) is 1. The lowest BCUT2D eigenvalue weighted by Crippen LogP contribution is -2.34. The Kier molecular flexibility index (Phi) is 3.54. The molecule has 0 spiro atoms. The molecule has 0 amide bonds. The molecule has 3 aromatic rings. The molecule has 1 aliphatic rings. The number of rotatable bonds is 2. The van der Waals surface area contributed by atoms with Crippen LogP contribution in [0.15, 0.2) is 48.7 Å². The number of fused-ring (bicyclic) bond motifs is 1. The number of anilines is 1. The van der Waals surface area contributed by atoms with Crippen molar-refractivity contribution < 1.29 is 0 Å². The molecular weight excluding hydrogens is 290 g/mol. The molecule has 0 saturated carbocycles. The fraction of sp³-hybridized carbons (Fsp3) is 0.222. The van der Waals surface area contributed by atoms with Crippen molar-refractivity contribution >= 4 is 28.4 Å². The highest BCUT2D eigenvalue weighted by atomic mass is 32.2. The van der Waals surface area contributed by atoms with Gasteiger partial charge in [-0.05, 0) is 30.7 Å². The second-order valence-electron chi connectivity index (χ2n) is 5.72. The number of aromatic amines is 1.